The van der Waals surface area contributed by atoms with Crippen molar-refractivity contribution >= 4 is 5.97 Å². The maximum absolute atomic E-state index is 12.9. The molecule has 0 saturated carbocycles. The lowest BCUT2D eigenvalue weighted by molar-refractivity contribution is -0.144. The molecule has 7 heteroatoms. The van der Waals surface area contributed by atoms with Crippen LogP contribution in [-0.4, -0.2) is 13.1 Å². The lowest BCUT2D eigenvalue weighted by Gasteiger charge is -2.16. The van der Waals surface area contributed by atoms with Crippen molar-refractivity contribution in [3.63, 3.8) is 0 Å². The molecule has 1 rings (SSSR count). The predicted molar refractivity (Wildman–Crippen MR) is 50.3 cm³/mol. The molecule has 1 aromatic carbocycles. The number of carbonyl (C=O) groups excluding carboxylic acids is 1. The van der Waals surface area contributed by atoms with Crippen molar-refractivity contribution in [1.82, 2.24) is 0 Å². The third-order valence-corrected chi connectivity index (χ3v) is 2.11. The van der Waals surface area contributed by atoms with Crippen LogP contribution >= 0.6 is 0 Å². The first-order valence-corrected chi connectivity index (χ1v) is 4.47. The number of rotatable bonds is 2. The average molecular weight is 251 g/mol. The van der Waals surface area contributed by atoms with Gasteiger partial charge in [-0.1, -0.05) is 0 Å². The SMILES string of the molecule is COC(=O)C(N)c1cc(F)ccc1C(F)(F)F. The lowest BCUT2D eigenvalue weighted by atomic mass is 10.0. The zero-order valence-corrected chi connectivity index (χ0v) is 8.72. The Bertz CT molecular complexity index is 431. The van der Waals surface area contributed by atoms with E-state index in [1.54, 1.807) is 0 Å². The number of methoxy groups -OCH3 is 1. The fraction of sp³-hybridized carbons (Fsp3) is 0.300. The fourth-order valence-corrected chi connectivity index (χ4v) is 1.30. The fourth-order valence-electron chi connectivity index (χ4n) is 1.30. The smallest absolute Gasteiger partial charge is 0.416 e. The summed E-state index contributed by atoms with van der Waals surface area (Å²) in [6, 6.07) is 0.0844. The Morgan fingerprint density at radius 2 is 2.00 bits per heavy atom. The van der Waals surface area contributed by atoms with Crippen LogP contribution in [0.4, 0.5) is 17.6 Å². The van der Waals surface area contributed by atoms with Gasteiger partial charge in [-0.3, -0.25) is 4.79 Å². The van der Waals surface area contributed by atoms with Gasteiger partial charge in [0.15, 0.2) is 0 Å². The molecule has 0 radical (unpaired) electrons. The summed E-state index contributed by atoms with van der Waals surface area (Å²) in [4.78, 5) is 11.1. The first kappa shape index (κ1) is 13.4. The summed E-state index contributed by atoms with van der Waals surface area (Å²) < 4.78 is 54.8. The Morgan fingerprint density at radius 3 is 2.47 bits per heavy atom. The number of hydrogen-bond donors (Lipinski definition) is 1. The summed E-state index contributed by atoms with van der Waals surface area (Å²) in [5.74, 6) is -1.98. The Morgan fingerprint density at radius 1 is 1.41 bits per heavy atom. The van der Waals surface area contributed by atoms with Crippen LogP contribution < -0.4 is 5.73 Å². The number of ether oxygens (including phenoxy) is 1. The molecule has 0 aliphatic rings. The van der Waals surface area contributed by atoms with Gasteiger partial charge < -0.3 is 10.5 Å². The van der Waals surface area contributed by atoms with E-state index in [1.165, 1.54) is 0 Å². The summed E-state index contributed by atoms with van der Waals surface area (Å²) >= 11 is 0. The minimum Gasteiger partial charge on any atom is -0.468 e. The van der Waals surface area contributed by atoms with Crippen LogP contribution in [0, 0.1) is 5.82 Å². The van der Waals surface area contributed by atoms with Crippen LogP contribution in [0.3, 0.4) is 0 Å². The van der Waals surface area contributed by atoms with Crippen LogP contribution in [0.15, 0.2) is 18.2 Å². The summed E-state index contributed by atoms with van der Waals surface area (Å²) in [6.07, 6.45) is -4.71. The van der Waals surface area contributed by atoms with Gasteiger partial charge in [-0.25, -0.2) is 4.39 Å². The lowest BCUT2D eigenvalue weighted by Crippen LogP contribution is -2.26. The third-order valence-electron chi connectivity index (χ3n) is 2.11. The van der Waals surface area contributed by atoms with Gasteiger partial charge in [-0.05, 0) is 23.8 Å². The standard InChI is InChI=1S/C10H9F4NO2/c1-17-9(16)8(15)6-4-5(11)2-3-7(6)10(12,13)14/h2-4,8H,15H2,1H3. The van der Waals surface area contributed by atoms with E-state index in [9.17, 15) is 22.4 Å². The second kappa shape index (κ2) is 4.70. The molecule has 0 aliphatic carbocycles. The van der Waals surface area contributed by atoms with E-state index in [0.717, 1.165) is 7.11 Å². The Balaban J connectivity index is 3.30. The molecule has 0 bridgehead atoms. The van der Waals surface area contributed by atoms with Crippen molar-refractivity contribution in [2.24, 2.45) is 5.73 Å². The summed E-state index contributed by atoms with van der Waals surface area (Å²) in [5, 5.41) is 0. The summed E-state index contributed by atoms with van der Waals surface area (Å²) in [5.41, 5.74) is 3.47. The summed E-state index contributed by atoms with van der Waals surface area (Å²) in [7, 11) is 0.981. The van der Waals surface area contributed by atoms with E-state index in [2.05, 4.69) is 4.74 Å². The van der Waals surface area contributed by atoms with Crippen molar-refractivity contribution in [2.75, 3.05) is 7.11 Å². The molecular formula is C10H9F4NO2. The van der Waals surface area contributed by atoms with E-state index in [0.29, 0.717) is 18.2 Å². The molecule has 94 valence electrons. The predicted octanol–water partition coefficient (Wildman–Crippen LogP) is 2.02. The van der Waals surface area contributed by atoms with E-state index >= 15 is 0 Å². The Hall–Kier alpha value is -1.63. The highest BCUT2D eigenvalue weighted by molar-refractivity contribution is 5.77. The molecule has 0 spiro atoms. The van der Waals surface area contributed by atoms with Crippen molar-refractivity contribution in [3.05, 3.63) is 35.1 Å². The van der Waals surface area contributed by atoms with Gasteiger partial charge in [0.1, 0.15) is 11.9 Å². The topological polar surface area (TPSA) is 52.3 Å². The Kier molecular flexibility index (Phi) is 3.72. The number of esters is 1. The van der Waals surface area contributed by atoms with Gasteiger partial charge in [-0.2, -0.15) is 13.2 Å². The second-order valence-electron chi connectivity index (χ2n) is 3.23. The highest BCUT2D eigenvalue weighted by Gasteiger charge is 2.36. The van der Waals surface area contributed by atoms with Gasteiger partial charge in [0.2, 0.25) is 0 Å². The molecule has 2 N–H and O–H groups in total. The molecular weight excluding hydrogens is 242 g/mol. The first-order chi connectivity index (χ1) is 7.77. The van der Waals surface area contributed by atoms with Crippen molar-refractivity contribution < 1.29 is 27.1 Å². The molecule has 3 nitrogen and oxygen atoms in total. The average Bonchev–Trinajstić information content (AvgIpc) is 2.25. The maximum atomic E-state index is 12.9. The largest absolute Gasteiger partial charge is 0.468 e. The molecule has 1 aromatic rings. The minimum absolute atomic E-state index is 0.535. The second-order valence-corrected chi connectivity index (χ2v) is 3.23. The van der Waals surface area contributed by atoms with Crippen LogP contribution in [-0.2, 0) is 15.7 Å². The minimum atomic E-state index is -4.71. The normalized spacial score (nSPS) is 13.3. The number of benzene rings is 1. The molecule has 17 heavy (non-hydrogen) atoms. The monoisotopic (exact) mass is 251 g/mol. The zero-order chi connectivity index (χ0) is 13.2. The number of halogens is 4. The number of alkyl halides is 3. The number of nitrogens with two attached hydrogens (primary N) is 1. The first-order valence-electron chi connectivity index (χ1n) is 4.47. The van der Waals surface area contributed by atoms with Gasteiger partial charge in [0.25, 0.3) is 0 Å². The van der Waals surface area contributed by atoms with Gasteiger partial charge in [0.05, 0.1) is 12.7 Å². The molecule has 0 heterocycles. The number of hydrogen-bond acceptors (Lipinski definition) is 3. The highest BCUT2D eigenvalue weighted by Crippen LogP contribution is 2.34. The van der Waals surface area contributed by atoms with Crippen LogP contribution in [0.5, 0.6) is 0 Å². The zero-order valence-electron chi connectivity index (χ0n) is 8.72. The van der Waals surface area contributed by atoms with Crippen molar-refractivity contribution in [1.29, 1.82) is 0 Å². The van der Waals surface area contributed by atoms with Crippen molar-refractivity contribution in [3.8, 4) is 0 Å². The van der Waals surface area contributed by atoms with E-state index < -0.39 is 35.1 Å². The molecule has 1 unspecified atom stereocenters. The van der Waals surface area contributed by atoms with Crippen LogP contribution in [0.25, 0.3) is 0 Å². The van der Waals surface area contributed by atoms with Gasteiger partial charge >= 0.3 is 12.1 Å². The van der Waals surface area contributed by atoms with E-state index in [-0.39, 0.29) is 0 Å². The highest BCUT2D eigenvalue weighted by atomic mass is 19.4. The molecule has 0 saturated heterocycles. The molecule has 0 amide bonds. The third kappa shape index (κ3) is 2.94. The van der Waals surface area contributed by atoms with E-state index in [1.807, 2.05) is 0 Å². The molecule has 1 atom stereocenters. The number of carbonyl (C=O) groups is 1. The van der Waals surface area contributed by atoms with Crippen LogP contribution in [0.2, 0.25) is 0 Å². The van der Waals surface area contributed by atoms with Gasteiger partial charge in [-0.15, -0.1) is 0 Å². The molecule has 0 fully saturated rings. The van der Waals surface area contributed by atoms with Crippen molar-refractivity contribution in [2.45, 2.75) is 12.2 Å². The summed E-state index contributed by atoms with van der Waals surface area (Å²) in [6.45, 7) is 0. The van der Waals surface area contributed by atoms with E-state index in [4.69, 9.17) is 5.73 Å². The quantitative estimate of drug-likeness (QED) is 0.646. The van der Waals surface area contributed by atoms with Crippen LogP contribution in [0.1, 0.15) is 17.2 Å². The molecule has 0 aromatic heterocycles. The Labute approximate surface area is 94.2 Å². The molecule has 0 aliphatic heterocycles. The maximum Gasteiger partial charge on any atom is 0.416 e. The van der Waals surface area contributed by atoms with Gasteiger partial charge in [0, 0.05) is 0 Å².